The molecule has 2 rings (SSSR count). The van der Waals surface area contributed by atoms with Crippen LogP contribution in [0.4, 0.5) is 0 Å². The maximum atomic E-state index is 9.30. The summed E-state index contributed by atoms with van der Waals surface area (Å²) in [6, 6.07) is 6.79. The Kier molecular flexibility index (Phi) is 6.84. The number of hydrogen-bond acceptors (Lipinski definition) is 4. The molecule has 4 nitrogen and oxygen atoms in total. The highest BCUT2D eigenvalue weighted by Crippen LogP contribution is 2.16. The van der Waals surface area contributed by atoms with Crippen LogP contribution in [-0.2, 0) is 4.74 Å². The van der Waals surface area contributed by atoms with E-state index in [1.165, 1.54) is 0 Å². The molecule has 1 aromatic carbocycles. The molecule has 1 atom stereocenters. The van der Waals surface area contributed by atoms with Gasteiger partial charge in [0.15, 0.2) is 0 Å². The molecule has 0 aliphatic heterocycles. The topological polar surface area (TPSA) is 58.9 Å². The first-order valence-corrected chi connectivity index (χ1v) is 7.85. The van der Waals surface area contributed by atoms with Gasteiger partial charge in [-0.05, 0) is 68.5 Å². The normalized spacial score (nSPS) is 17.1. The van der Waals surface area contributed by atoms with Crippen LogP contribution in [0.3, 0.4) is 0 Å². The Morgan fingerprint density at radius 3 is 2.27 bits per heavy atom. The van der Waals surface area contributed by atoms with E-state index in [1.807, 2.05) is 12.2 Å². The quantitative estimate of drug-likeness (QED) is 0.685. The van der Waals surface area contributed by atoms with Crippen LogP contribution < -0.4 is 4.74 Å². The van der Waals surface area contributed by atoms with Crippen molar-refractivity contribution < 1.29 is 19.7 Å². The summed E-state index contributed by atoms with van der Waals surface area (Å²) >= 11 is 0. The molecule has 22 heavy (non-hydrogen) atoms. The van der Waals surface area contributed by atoms with Gasteiger partial charge < -0.3 is 19.7 Å². The number of ether oxygens (including phenoxy) is 2. The average Bonchev–Trinajstić information content (AvgIpc) is 2.53. The number of aliphatic hydroxyl groups excluding tert-OH is 1. The van der Waals surface area contributed by atoms with Crippen LogP contribution >= 0.6 is 0 Å². The zero-order valence-electron chi connectivity index (χ0n) is 12.8. The first-order valence-electron chi connectivity index (χ1n) is 7.85. The summed E-state index contributed by atoms with van der Waals surface area (Å²) in [6.07, 6.45) is 10.0. The molecule has 0 amide bonds. The molecule has 1 aromatic rings. The fraction of sp³-hybridized carbons (Fsp3) is 0.444. The molecular weight excluding hydrogens is 280 g/mol. The molecule has 0 spiro atoms. The first-order chi connectivity index (χ1) is 10.7. The Bertz CT molecular complexity index is 490. The molecule has 0 aromatic heterocycles. The van der Waals surface area contributed by atoms with E-state index in [-0.39, 0.29) is 11.9 Å². The van der Waals surface area contributed by atoms with Crippen LogP contribution in [0.5, 0.6) is 11.5 Å². The number of rotatable bonds is 9. The maximum absolute atomic E-state index is 9.30. The van der Waals surface area contributed by atoms with E-state index in [1.54, 1.807) is 30.3 Å². The molecular formula is C18H24O4. The van der Waals surface area contributed by atoms with Gasteiger partial charge >= 0.3 is 0 Å². The molecule has 2 N–H and O–H groups in total. The van der Waals surface area contributed by atoms with Crippen molar-refractivity contribution in [3.63, 3.8) is 0 Å². The second-order valence-electron chi connectivity index (χ2n) is 5.37. The fourth-order valence-corrected chi connectivity index (χ4v) is 2.18. The molecule has 1 aliphatic rings. The minimum atomic E-state index is -0.360. The number of hydrogen-bond donors (Lipinski definition) is 2. The minimum absolute atomic E-state index is 0.254. The zero-order valence-corrected chi connectivity index (χ0v) is 12.8. The second kappa shape index (κ2) is 9.15. The number of allylic oxidation sites excluding steroid dienone is 1. The number of phenolic OH excluding ortho intramolecular Hbond substituents is 1. The van der Waals surface area contributed by atoms with Gasteiger partial charge in [0.05, 0.1) is 19.3 Å². The van der Waals surface area contributed by atoms with Crippen molar-refractivity contribution in [3.05, 3.63) is 48.3 Å². The van der Waals surface area contributed by atoms with Gasteiger partial charge in [-0.1, -0.05) is 6.08 Å². The third kappa shape index (κ3) is 6.22. The Balaban J connectivity index is 1.45. The lowest BCUT2D eigenvalue weighted by atomic mass is 10.1. The van der Waals surface area contributed by atoms with E-state index >= 15 is 0 Å². The maximum Gasteiger partial charge on any atom is 0.119 e. The van der Waals surface area contributed by atoms with Crippen LogP contribution in [0.1, 0.15) is 32.1 Å². The van der Waals surface area contributed by atoms with Crippen LogP contribution in [0, 0.1) is 0 Å². The Morgan fingerprint density at radius 2 is 1.64 bits per heavy atom. The number of aromatic hydroxyl groups is 1. The molecule has 0 saturated heterocycles. The lowest BCUT2D eigenvalue weighted by Crippen LogP contribution is -2.06. The fourth-order valence-electron chi connectivity index (χ4n) is 2.18. The van der Waals surface area contributed by atoms with Crippen molar-refractivity contribution in [1.82, 2.24) is 0 Å². The highest BCUT2D eigenvalue weighted by Gasteiger charge is 2.04. The smallest absolute Gasteiger partial charge is 0.119 e. The molecule has 0 heterocycles. The Hall–Kier alpha value is -1.94. The number of aliphatic hydroxyl groups is 1. The monoisotopic (exact) mass is 304 g/mol. The Morgan fingerprint density at radius 1 is 0.955 bits per heavy atom. The third-order valence-electron chi connectivity index (χ3n) is 3.46. The van der Waals surface area contributed by atoms with Gasteiger partial charge in [-0.15, -0.1) is 0 Å². The highest BCUT2D eigenvalue weighted by molar-refractivity contribution is 5.29. The standard InChI is InChI=1S/C18H24O4/c19-15-5-9-17(10-6-15)21-13-3-1-2-4-14-22-18-11-7-16(20)8-12-18/h5-7,9-12,16,19-20H,1-4,8,13-14H2. The minimum Gasteiger partial charge on any atom is -0.508 e. The summed E-state index contributed by atoms with van der Waals surface area (Å²) in [5, 5.41) is 18.5. The van der Waals surface area contributed by atoms with Crippen LogP contribution in [0.15, 0.2) is 48.3 Å². The van der Waals surface area contributed by atoms with E-state index in [2.05, 4.69) is 0 Å². The summed E-state index contributed by atoms with van der Waals surface area (Å²) in [7, 11) is 0. The summed E-state index contributed by atoms with van der Waals surface area (Å²) in [5.74, 6) is 1.91. The predicted molar refractivity (Wildman–Crippen MR) is 85.9 cm³/mol. The second-order valence-corrected chi connectivity index (χ2v) is 5.37. The van der Waals surface area contributed by atoms with Gasteiger partial charge in [0, 0.05) is 0 Å². The molecule has 4 heteroatoms. The predicted octanol–water partition coefficient (Wildman–Crippen LogP) is 3.55. The molecule has 0 saturated carbocycles. The van der Waals surface area contributed by atoms with Gasteiger partial charge in [-0.2, -0.15) is 0 Å². The number of benzene rings is 1. The molecule has 0 fully saturated rings. The van der Waals surface area contributed by atoms with Crippen LogP contribution in [0.2, 0.25) is 0 Å². The van der Waals surface area contributed by atoms with E-state index < -0.39 is 0 Å². The largest absolute Gasteiger partial charge is 0.508 e. The molecule has 1 aliphatic carbocycles. The van der Waals surface area contributed by atoms with Gasteiger partial charge in [0.2, 0.25) is 0 Å². The van der Waals surface area contributed by atoms with Crippen LogP contribution in [0.25, 0.3) is 0 Å². The Labute approximate surface area is 131 Å². The van der Waals surface area contributed by atoms with Crippen molar-refractivity contribution in [2.24, 2.45) is 0 Å². The van der Waals surface area contributed by atoms with Crippen molar-refractivity contribution >= 4 is 0 Å². The molecule has 0 bridgehead atoms. The van der Waals surface area contributed by atoms with Gasteiger partial charge in [0.1, 0.15) is 17.3 Å². The van der Waals surface area contributed by atoms with Crippen molar-refractivity contribution in [3.8, 4) is 11.5 Å². The van der Waals surface area contributed by atoms with Crippen molar-refractivity contribution in [2.75, 3.05) is 13.2 Å². The highest BCUT2D eigenvalue weighted by atomic mass is 16.5. The van der Waals surface area contributed by atoms with E-state index in [0.717, 1.165) is 37.2 Å². The summed E-state index contributed by atoms with van der Waals surface area (Å²) in [4.78, 5) is 0. The SMILES string of the molecule is Oc1ccc(OCCCCCCOC2=CCC(O)C=C2)cc1. The number of unbranched alkanes of at least 4 members (excludes halogenated alkanes) is 3. The lowest BCUT2D eigenvalue weighted by molar-refractivity contribution is 0.195. The molecule has 0 radical (unpaired) electrons. The number of phenols is 1. The summed E-state index contributed by atoms with van der Waals surface area (Å²) < 4.78 is 11.2. The van der Waals surface area contributed by atoms with E-state index in [9.17, 15) is 5.11 Å². The molecule has 1 unspecified atom stereocenters. The van der Waals surface area contributed by atoms with E-state index in [4.69, 9.17) is 14.6 Å². The molecule has 120 valence electrons. The summed E-state index contributed by atoms with van der Waals surface area (Å²) in [5.41, 5.74) is 0. The van der Waals surface area contributed by atoms with Gasteiger partial charge in [-0.25, -0.2) is 0 Å². The summed E-state index contributed by atoms with van der Waals surface area (Å²) in [6.45, 7) is 1.41. The average molecular weight is 304 g/mol. The van der Waals surface area contributed by atoms with E-state index in [0.29, 0.717) is 19.6 Å². The van der Waals surface area contributed by atoms with Gasteiger partial charge in [0.25, 0.3) is 0 Å². The van der Waals surface area contributed by atoms with Crippen molar-refractivity contribution in [1.29, 1.82) is 0 Å². The lowest BCUT2D eigenvalue weighted by Gasteiger charge is -2.12. The van der Waals surface area contributed by atoms with Crippen LogP contribution in [-0.4, -0.2) is 29.5 Å². The zero-order chi connectivity index (χ0) is 15.6. The third-order valence-corrected chi connectivity index (χ3v) is 3.46. The first kappa shape index (κ1) is 16.4. The van der Waals surface area contributed by atoms with Gasteiger partial charge in [-0.3, -0.25) is 0 Å². The van der Waals surface area contributed by atoms with Crippen molar-refractivity contribution in [2.45, 2.75) is 38.2 Å².